The molecule has 0 bridgehead atoms. The standard InChI is InChI=1S/C20H17FNOSi.C20H16.Ir/c1-24(2,3)14-8-10-18(22-12-14)17-6-4-5-16-15-9-7-13(21)11-19(15)23-20(16)17;1-16(17-9-4-2-5-10-17)19-13-8-14-20(15-19)18-11-6-3-7-12-18;/h4-5,7-12H,1-3H3;2-11,13,15-16H,1H3;/q-1;-2;+3/i;16D;. The van der Waals surface area contributed by atoms with E-state index in [2.05, 4.69) is 48.9 Å². The van der Waals surface area contributed by atoms with Gasteiger partial charge in [-0.15, -0.1) is 35.9 Å². The number of rotatable bonds is 5. The first-order chi connectivity index (χ1) is 21.6. The molecule has 0 saturated carbocycles. The van der Waals surface area contributed by atoms with Gasteiger partial charge in [-0.2, -0.15) is 42.5 Å². The van der Waals surface area contributed by atoms with Crippen LogP contribution in [-0.4, -0.2) is 13.1 Å². The van der Waals surface area contributed by atoms with Crippen molar-refractivity contribution < 1.29 is 30.3 Å². The van der Waals surface area contributed by atoms with Crippen LogP contribution < -0.4 is 5.19 Å². The van der Waals surface area contributed by atoms with E-state index in [-0.39, 0.29) is 25.9 Å². The summed E-state index contributed by atoms with van der Waals surface area (Å²) >= 11 is 0. The van der Waals surface area contributed by atoms with Crippen LogP contribution in [0.4, 0.5) is 4.39 Å². The van der Waals surface area contributed by atoms with E-state index in [1.54, 1.807) is 6.07 Å². The minimum absolute atomic E-state index is 0. The number of aromatic nitrogens is 1. The van der Waals surface area contributed by atoms with Gasteiger partial charge in [-0.05, 0) is 34.5 Å². The third-order valence-corrected chi connectivity index (χ3v) is 9.75. The van der Waals surface area contributed by atoms with E-state index in [0.717, 1.165) is 44.3 Å². The Bertz CT molecular complexity index is 2070. The number of benzene rings is 5. The first-order valence-corrected chi connectivity index (χ1v) is 18.2. The Morgan fingerprint density at radius 1 is 0.756 bits per heavy atom. The Morgan fingerprint density at radius 3 is 2.22 bits per heavy atom. The van der Waals surface area contributed by atoms with Crippen molar-refractivity contribution in [2.75, 3.05) is 0 Å². The van der Waals surface area contributed by atoms with Crippen LogP contribution in [0.15, 0.2) is 126 Å². The van der Waals surface area contributed by atoms with Crippen LogP contribution in [0.3, 0.4) is 0 Å². The number of halogens is 1. The van der Waals surface area contributed by atoms with Crippen molar-refractivity contribution in [3.8, 4) is 22.4 Å². The largest absolute Gasteiger partial charge is 3.00 e. The molecule has 0 aliphatic heterocycles. The minimum Gasteiger partial charge on any atom is -0.500 e. The summed E-state index contributed by atoms with van der Waals surface area (Å²) in [4.78, 5) is 4.62. The van der Waals surface area contributed by atoms with E-state index in [1.807, 2.05) is 104 Å². The molecule has 224 valence electrons. The van der Waals surface area contributed by atoms with E-state index in [4.69, 9.17) is 5.79 Å². The normalized spacial score (nSPS) is 12.9. The number of nitrogens with zero attached hydrogens (tertiary/aromatic N) is 1. The van der Waals surface area contributed by atoms with Crippen LogP contribution in [-0.2, 0) is 20.1 Å². The summed E-state index contributed by atoms with van der Waals surface area (Å²) in [6.45, 7) is 8.81. The zero-order chi connectivity index (χ0) is 31.6. The third kappa shape index (κ3) is 7.23. The molecule has 2 heterocycles. The fraction of sp³-hybridized carbons (Fsp3) is 0.125. The average molecular weight is 784 g/mol. The van der Waals surface area contributed by atoms with Crippen molar-refractivity contribution in [2.24, 2.45) is 0 Å². The summed E-state index contributed by atoms with van der Waals surface area (Å²) in [5.74, 6) is -1.08. The van der Waals surface area contributed by atoms with E-state index < -0.39 is 14.0 Å². The first-order valence-electron chi connectivity index (χ1n) is 15.2. The van der Waals surface area contributed by atoms with Crippen molar-refractivity contribution in [3.05, 3.63) is 157 Å². The maximum absolute atomic E-state index is 13.5. The van der Waals surface area contributed by atoms with E-state index in [1.165, 1.54) is 17.3 Å². The molecule has 1 atom stereocenters. The zero-order valence-electron chi connectivity index (χ0n) is 26.6. The van der Waals surface area contributed by atoms with Crippen LogP contribution in [0.2, 0.25) is 19.6 Å². The third-order valence-electron chi connectivity index (χ3n) is 7.72. The molecule has 0 N–H and O–H groups in total. The molecule has 45 heavy (non-hydrogen) atoms. The molecule has 5 heteroatoms. The second-order valence-electron chi connectivity index (χ2n) is 11.8. The molecule has 0 fully saturated rings. The Hall–Kier alpha value is -4.15. The summed E-state index contributed by atoms with van der Waals surface area (Å²) in [5.41, 5.74) is 6.80. The van der Waals surface area contributed by atoms with Gasteiger partial charge in [-0.1, -0.05) is 80.0 Å². The molecule has 0 spiro atoms. The van der Waals surface area contributed by atoms with Crippen LogP contribution in [0.5, 0.6) is 0 Å². The maximum Gasteiger partial charge on any atom is 3.00 e. The Morgan fingerprint density at radius 2 is 1.51 bits per heavy atom. The van der Waals surface area contributed by atoms with E-state index in [9.17, 15) is 4.39 Å². The number of pyridine rings is 1. The fourth-order valence-corrected chi connectivity index (χ4v) is 6.20. The van der Waals surface area contributed by atoms with Gasteiger partial charge in [0, 0.05) is 19.0 Å². The van der Waals surface area contributed by atoms with Crippen molar-refractivity contribution in [1.82, 2.24) is 4.98 Å². The number of furan rings is 1. The van der Waals surface area contributed by atoms with Gasteiger partial charge < -0.3 is 9.40 Å². The monoisotopic (exact) mass is 784 g/mol. The van der Waals surface area contributed by atoms with Gasteiger partial charge in [0.25, 0.3) is 0 Å². The molecule has 0 aliphatic carbocycles. The van der Waals surface area contributed by atoms with Gasteiger partial charge in [0.05, 0.1) is 13.7 Å². The Balaban J connectivity index is 0.000000179. The minimum atomic E-state index is -1.38. The van der Waals surface area contributed by atoms with Crippen LogP contribution in [0.1, 0.15) is 25.3 Å². The Labute approximate surface area is 280 Å². The van der Waals surface area contributed by atoms with E-state index >= 15 is 0 Å². The molecule has 1 unspecified atom stereocenters. The van der Waals surface area contributed by atoms with Gasteiger partial charge in [-0.3, -0.25) is 0 Å². The molecule has 2 aromatic heterocycles. The summed E-state index contributed by atoms with van der Waals surface area (Å²) in [5, 5.41) is 3.17. The molecule has 5 aromatic carbocycles. The average Bonchev–Trinajstić information content (AvgIpc) is 3.43. The molecular formula is C40H33FIrNOSi. The van der Waals surface area contributed by atoms with Crippen LogP contribution in [0, 0.1) is 24.0 Å². The fourth-order valence-electron chi connectivity index (χ4n) is 5.16. The second kappa shape index (κ2) is 13.9. The molecule has 0 radical (unpaired) electrons. The molecule has 7 rings (SSSR count). The van der Waals surface area contributed by atoms with Crippen molar-refractivity contribution in [3.63, 3.8) is 0 Å². The van der Waals surface area contributed by atoms with Crippen molar-refractivity contribution in [1.29, 1.82) is 0 Å². The quantitative estimate of drug-likeness (QED) is 0.128. The second-order valence-corrected chi connectivity index (χ2v) is 16.9. The molecule has 0 saturated heterocycles. The maximum atomic E-state index is 13.5. The number of hydrogen-bond donors (Lipinski definition) is 0. The Kier molecular flexibility index (Phi) is 9.51. The molecule has 7 aromatic rings. The van der Waals surface area contributed by atoms with E-state index in [0.29, 0.717) is 11.2 Å². The van der Waals surface area contributed by atoms with Crippen molar-refractivity contribution in [2.45, 2.75) is 32.5 Å². The smallest absolute Gasteiger partial charge is 0.500 e. The first kappa shape index (κ1) is 30.9. The molecule has 0 aliphatic rings. The molecule has 2 nitrogen and oxygen atoms in total. The van der Waals surface area contributed by atoms with Crippen LogP contribution in [0.25, 0.3) is 44.3 Å². The van der Waals surface area contributed by atoms with Gasteiger partial charge >= 0.3 is 20.1 Å². The van der Waals surface area contributed by atoms with Gasteiger partial charge in [0.2, 0.25) is 0 Å². The predicted octanol–water partition coefficient (Wildman–Crippen LogP) is 10.2. The number of fused-ring (bicyclic) bond motifs is 3. The summed E-state index contributed by atoms with van der Waals surface area (Å²) in [6, 6.07) is 45.9. The number of hydrogen-bond acceptors (Lipinski definition) is 2. The van der Waals surface area contributed by atoms with Crippen LogP contribution >= 0.6 is 0 Å². The molecular weight excluding hydrogens is 750 g/mol. The summed E-state index contributed by atoms with van der Waals surface area (Å²) < 4.78 is 28.1. The zero-order valence-corrected chi connectivity index (χ0v) is 29.0. The predicted molar refractivity (Wildman–Crippen MR) is 182 cm³/mol. The van der Waals surface area contributed by atoms with Crippen molar-refractivity contribution >= 4 is 35.2 Å². The summed E-state index contributed by atoms with van der Waals surface area (Å²) in [7, 11) is -1.38. The van der Waals surface area contributed by atoms with Gasteiger partial charge in [-0.25, -0.2) is 15.5 Å². The van der Waals surface area contributed by atoms with Gasteiger partial charge in [0.15, 0.2) is 0 Å². The SMILES string of the molecule is C[Si](C)(C)c1ccc(-c2[c-]ccc3c2oc2cc(F)ccc23)nc1.[2H]C(C)(c1ccccc1)c1cc[c-]c(-c2[c-]cccc2)c1.[Ir+3]. The molecule has 0 amide bonds. The van der Waals surface area contributed by atoms with Gasteiger partial charge in [0.1, 0.15) is 11.4 Å². The topological polar surface area (TPSA) is 26.0 Å². The summed E-state index contributed by atoms with van der Waals surface area (Å²) in [6.07, 6.45) is 1.95.